The second kappa shape index (κ2) is 5.44. The van der Waals surface area contributed by atoms with Crippen molar-refractivity contribution in [3.05, 3.63) is 54.2 Å². The molecule has 0 radical (unpaired) electrons. The average molecular weight is 297 g/mol. The van der Waals surface area contributed by atoms with Crippen LogP contribution in [0.4, 0.5) is 0 Å². The van der Waals surface area contributed by atoms with Gasteiger partial charge in [-0.05, 0) is 18.2 Å². The molecular weight excluding hydrogens is 282 g/mol. The fraction of sp³-hybridized carbons (Fsp3) is 0.118. The van der Waals surface area contributed by atoms with E-state index in [1.54, 1.807) is 38.5 Å². The molecule has 0 fully saturated rings. The molecule has 3 rings (SSSR count). The number of carboxylic acids is 1. The second-order valence-electron chi connectivity index (χ2n) is 4.80. The second-order valence-corrected chi connectivity index (χ2v) is 4.80. The fourth-order valence-corrected chi connectivity index (χ4v) is 2.51. The van der Waals surface area contributed by atoms with E-state index in [2.05, 4.69) is 0 Å². The number of carboxylic acid groups (broad SMARTS) is 1. The maximum Gasteiger partial charge on any atom is 0.336 e. The van der Waals surface area contributed by atoms with E-state index in [9.17, 15) is 9.90 Å². The Hall–Kier alpha value is -2.95. The van der Waals surface area contributed by atoms with Crippen LogP contribution in [0.2, 0.25) is 0 Å². The average Bonchev–Trinajstić information content (AvgIpc) is 2.98. The van der Waals surface area contributed by atoms with E-state index < -0.39 is 5.97 Å². The number of benzene rings is 2. The van der Waals surface area contributed by atoms with Crippen LogP contribution in [0.1, 0.15) is 10.4 Å². The first-order chi connectivity index (χ1) is 10.6. The van der Waals surface area contributed by atoms with Gasteiger partial charge in [0, 0.05) is 29.8 Å². The number of rotatable bonds is 4. The summed E-state index contributed by atoms with van der Waals surface area (Å²) >= 11 is 0. The van der Waals surface area contributed by atoms with E-state index in [1.165, 1.54) is 0 Å². The lowest BCUT2D eigenvalue weighted by Crippen LogP contribution is -1.98. The minimum atomic E-state index is -0.938. The zero-order chi connectivity index (χ0) is 15.7. The van der Waals surface area contributed by atoms with Gasteiger partial charge in [-0.2, -0.15) is 0 Å². The Kier molecular flexibility index (Phi) is 3.47. The molecule has 3 aromatic rings. The van der Waals surface area contributed by atoms with Crippen molar-refractivity contribution >= 4 is 16.9 Å². The molecule has 0 amide bonds. The standard InChI is InChI=1S/C17H15NO4/c1-21-12-8-11(9-13(10-12)22-2)18-7-6-14-15(17(19)20)4-3-5-16(14)18/h3-10H,1-2H3,(H,19,20). The van der Waals surface area contributed by atoms with Crippen LogP contribution < -0.4 is 9.47 Å². The van der Waals surface area contributed by atoms with Crippen LogP contribution in [0, 0.1) is 0 Å². The van der Waals surface area contributed by atoms with Crippen molar-refractivity contribution < 1.29 is 19.4 Å². The lowest BCUT2D eigenvalue weighted by Gasteiger charge is -2.11. The lowest BCUT2D eigenvalue weighted by molar-refractivity contribution is 0.0699. The molecule has 1 aromatic heterocycles. The van der Waals surface area contributed by atoms with Gasteiger partial charge in [0.25, 0.3) is 0 Å². The minimum Gasteiger partial charge on any atom is -0.497 e. The van der Waals surface area contributed by atoms with Crippen molar-refractivity contribution in [2.45, 2.75) is 0 Å². The summed E-state index contributed by atoms with van der Waals surface area (Å²) in [5, 5.41) is 9.97. The molecule has 0 spiro atoms. The zero-order valence-electron chi connectivity index (χ0n) is 12.2. The number of carbonyl (C=O) groups is 1. The molecule has 1 heterocycles. The maximum atomic E-state index is 11.3. The van der Waals surface area contributed by atoms with Gasteiger partial charge in [0.1, 0.15) is 11.5 Å². The van der Waals surface area contributed by atoms with Gasteiger partial charge in [0.15, 0.2) is 0 Å². The first-order valence-electron chi connectivity index (χ1n) is 6.71. The minimum absolute atomic E-state index is 0.283. The van der Waals surface area contributed by atoms with Gasteiger partial charge >= 0.3 is 5.97 Å². The Bertz CT molecular complexity index is 829. The summed E-state index contributed by atoms with van der Waals surface area (Å²) < 4.78 is 12.5. The monoisotopic (exact) mass is 297 g/mol. The Balaban J connectivity index is 2.23. The number of methoxy groups -OCH3 is 2. The van der Waals surface area contributed by atoms with E-state index in [4.69, 9.17) is 9.47 Å². The first kappa shape index (κ1) is 14.0. The molecule has 0 unspecified atom stereocenters. The molecule has 0 aliphatic carbocycles. The van der Waals surface area contributed by atoms with Crippen molar-refractivity contribution in [3.63, 3.8) is 0 Å². The van der Waals surface area contributed by atoms with Crippen molar-refractivity contribution in [3.8, 4) is 17.2 Å². The van der Waals surface area contributed by atoms with Crippen LogP contribution in [0.5, 0.6) is 11.5 Å². The fourth-order valence-electron chi connectivity index (χ4n) is 2.51. The molecule has 0 saturated heterocycles. The summed E-state index contributed by atoms with van der Waals surface area (Å²) in [4.78, 5) is 11.3. The van der Waals surface area contributed by atoms with Crippen LogP contribution in [0.25, 0.3) is 16.6 Å². The van der Waals surface area contributed by atoms with E-state index in [0.29, 0.717) is 16.9 Å². The molecule has 0 aliphatic heterocycles. The highest BCUT2D eigenvalue weighted by Gasteiger charge is 2.12. The number of fused-ring (bicyclic) bond motifs is 1. The highest BCUT2D eigenvalue weighted by Crippen LogP contribution is 2.29. The van der Waals surface area contributed by atoms with Gasteiger partial charge in [0.2, 0.25) is 0 Å². The van der Waals surface area contributed by atoms with E-state index in [1.807, 2.05) is 29.0 Å². The summed E-state index contributed by atoms with van der Waals surface area (Å²) in [5.41, 5.74) is 1.94. The molecule has 5 nitrogen and oxygen atoms in total. The quantitative estimate of drug-likeness (QED) is 0.802. The third-order valence-electron chi connectivity index (χ3n) is 3.58. The van der Waals surface area contributed by atoms with Crippen molar-refractivity contribution in [2.75, 3.05) is 14.2 Å². The number of hydrogen-bond acceptors (Lipinski definition) is 3. The summed E-state index contributed by atoms with van der Waals surface area (Å²) in [6.07, 6.45) is 1.84. The van der Waals surface area contributed by atoms with Crippen LogP contribution in [-0.2, 0) is 0 Å². The first-order valence-corrected chi connectivity index (χ1v) is 6.71. The Labute approximate surface area is 127 Å². The van der Waals surface area contributed by atoms with E-state index in [-0.39, 0.29) is 5.56 Å². The van der Waals surface area contributed by atoms with E-state index >= 15 is 0 Å². The molecule has 0 saturated carbocycles. The molecular formula is C17H15NO4. The predicted octanol–water partition coefficient (Wildman–Crippen LogP) is 3.35. The van der Waals surface area contributed by atoms with Crippen LogP contribution in [0.15, 0.2) is 48.7 Å². The van der Waals surface area contributed by atoms with Crippen LogP contribution in [-0.4, -0.2) is 29.9 Å². The zero-order valence-corrected chi connectivity index (χ0v) is 12.2. The molecule has 5 heteroatoms. The maximum absolute atomic E-state index is 11.3. The van der Waals surface area contributed by atoms with Gasteiger partial charge < -0.3 is 19.1 Å². The van der Waals surface area contributed by atoms with Gasteiger partial charge in [-0.25, -0.2) is 4.79 Å². The van der Waals surface area contributed by atoms with Crippen LogP contribution in [0.3, 0.4) is 0 Å². The number of ether oxygens (including phenoxy) is 2. The van der Waals surface area contributed by atoms with Gasteiger partial charge in [0.05, 0.1) is 31.0 Å². The molecule has 0 aliphatic rings. The number of nitrogens with zero attached hydrogens (tertiary/aromatic N) is 1. The SMILES string of the molecule is COc1cc(OC)cc(-n2ccc3c(C(=O)O)cccc32)c1. The normalized spacial score (nSPS) is 10.6. The largest absolute Gasteiger partial charge is 0.497 e. The van der Waals surface area contributed by atoms with Crippen molar-refractivity contribution in [1.82, 2.24) is 4.57 Å². The highest BCUT2D eigenvalue weighted by molar-refractivity contribution is 6.03. The molecule has 0 atom stereocenters. The Morgan fingerprint density at radius 1 is 1.05 bits per heavy atom. The Morgan fingerprint density at radius 2 is 1.73 bits per heavy atom. The smallest absolute Gasteiger partial charge is 0.336 e. The molecule has 0 bridgehead atoms. The van der Waals surface area contributed by atoms with Crippen molar-refractivity contribution in [2.24, 2.45) is 0 Å². The summed E-state index contributed by atoms with van der Waals surface area (Å²) in [5.74, 6) is 0.405. The Morgan fingerprint density at radius 3 is 2.32 bits per heavy atom. The van der Waals surface area contributed by atoms with Gasteiger partial charge in [-0.3, -0.25) is 0 Å². The van der Waals surface area contributed by atoms with Crippen LogP contribution >= 0.6 is 0 Å². The predicted molar refractivity (Wildman–Crippen MR) is 83.3 cm³/mol. The number of aromatic nitrogens is 1. The molecule has 22 heavy (non-hydrogen) atoms. The summed E-state index contributed by atoms with van der Waals surface area (Å²) in [6.45, 7) is 0. The summed E-state index contributed by atoms with van der Waals surface area (Å²) in [7, 11) is 3.18. The van der Waals surface area contributed by atoms with Crippen molar-refractivity contribution in [1.29, 1.82) is 0 Å². The number of hydrogen-bond donors (Lipinski definition) is 1. The van der Waals surface area contributed by atoms with Gasteiger partial charge in [-0.1, -0.05) is 6.07 Å². The summed E-state index contributed by atoms with van der Waals surface area (Å²) in [6, 6.07) is 12.5. The van der Waals surface area contributed by atoms with E-state index in [0.717, 1.165) is 11.2 Å². The molecule has 2 aromatic carbocycles. The topological polar surface area (TPSA) is 60.7 Å². The molecule has 1 N–H and O–H groups in total. The molecule has 112 valence electrons. The number of aromatic carboxylic acids is 1. The third kappa shape index (κ3) is 2.26. The lowest BCUT2D eigenvalue weighted by atomic mass is 10.1. The third-order valence-corrected chi connectivity index (χ3v) is 3.58. The van der Waals surface area contributed by atoms with Gasteiger partial charge in [-0.15, -0.1) is 0 Å². The highest BCUT2D eigenvalue weighted by atomic mass is 16.5.